The van der Waals surface area contributed by atoms with Crippen LogP contribution in [0.15, 0.2) is 12.1 Å². The van der Waals surface area contributed by atoms with Gasteiger partial charge in [0.1, 0.15) is 0 Å². The van der Waals surface area contributed by atoms with Gasteiger partial charge in [0.2, 0.25) is 0 Å². The molecule has 152 valence electrons. The van der Waals surface area contributed by atoms with Crippen molar-refractivity contribution in [2.45, 2.75) is 51.7 Å². The summed E-state index contributed by atoms with van der Waals surface area (Å²) in [6.45, 7) is 2.57. The molecule has 2 heterocycles. The summed E-state index contributed by atoms with van der Waals surface area (Å²) in [4.78, 5) is 7.21. The summed E-state index contributed by atoms with van der Waals surface area (Å²) in [5, 5.41) is 4.68. The van der Waals surface area contributed by atoms with Gasteiger partial charge >= 0.3 is 6.61 Å². The third-order valence-electron chi connectivity index (χ3n) is 5.90. The molecule has 1 aromatic carbocycles. The Bertz CT molecular complexity index is 851. The van der Waals surface area contributed by atoms with Crippen molar-refractivity contribution in [3.8, 4) is 11.5 Å². The van der Waals surface area contributed by atoms with Crippen molar-refractivity contribution in [3.05, 3.63) is 23.4 Å². The summed E-state index contributed by atoms with van der Waals surface area (Å²) >= 11 is 0. The predicted octanol–water partition coefficient (Wildman–Crippen LogP) is 4.23. The van der Waals surface area contributed by atoms with E-state index in [2.05, 4.69) is 21.9 Å². The van der Waals surface area contributed by atoms with Crippen LogP contribution in [-0.4, -0.2) is 49.3 Å². The smallest absolute Gasteiger partial charge is 0.387 e. The van der Waals surface area contributed by atoms with Crippen molar-refractivity contribution < 1.29 is 18.3 Å². The molecule has 1 fully saturated rings. The number of anilines is 1. The number of nitrogens with zero attached hydrogens (tertiary/aromatic N) is 2. The van der Waals surface area contributed by atoms with Crippen molar-refractivity contribution in [2.24, 2.45) is 0 Å². The maximum atomic E-state index is 12.8. The number of aryl methyl sites for hydroxylation is 1. The Morgan fingerprint density at radius 1 is 1.21 bits per heavy atom. The highest BCUT2D eigenvalue weighted by Gasteiger charge is 2.25. The van der Waals surface area contributed by atoms with Gasteiger partial charge in [-0.2, -0.15) is 8.78 Å². The fraction of sp³-hybridized carbons (Fsp3) is 0.571. The number of hydrogen-bond donors (Lipinski definition) is 1. The van der Waals surface area contributed by atoms with E-state index in [0.717, 1.165) is 68.5 Å². The van der Waals surface area contributed by atoms with Crippen molar-refractivity contribution in [3.63, 3.8) is 0 Å². The minimum Gasteiger partial charge on any atom is -0.493 e. The van der Waals surface area contributed by atoms with Crippen molar-refractivity contribution in [1.29, 1.82) is 0 Å². The van der Waals surface area contributed by atoms with Crippen LogP contribution in [-0.2, 0) is 12.8 Å². The molecule has 0 amide bonds. The normalized spacial score (nSPS) is 17.9. The number of nitrogens with one attached hydrogen (secondary N) is 1. The highest BCUT2D eigenvalue weighted by atomic mass is 19.3. The zero-order valence-electron chi connectivity index (χ0n) is 16.4. The Labute approximate surface area is 164 Å². The third kappa shape index (κ3) is 3.72. The maximum Gasteiger partial charge on any atom is 0.387 e. The second-order valence-electron chi connectivity index (χ2n) is 7.52. The van der Waals surface area contributed by atoms with Gasteiger partial charge < -0.3 is 19.7 Å². The molecule has 7 heteroatoms. The van der Waals surface area contributed by atoms with Gasteiger partial charge in [-0.25, -0.2) is 0 Å². The van der Waals surface area contributed by atoms with E-state index >= 15 is 0 Å². The molecule has 1 aliphatic heterocycles. The molecule has 28 heavy (non-hydrogen) atoms. The molecule has 4 rings (SSSR count). The predicted molar refractivity (Wildman–Crippen MR) is 106 cm³/mol. The number of pyridine rings is 1. The summed E-state index contributed by atoms with van der Waals surface area (Å²) in [6.07, 6.45) is 5.17. The van der Waals surface area contributed by atoms with Crippen molar-refractivity contribution in [2.75, 3.05) is 32.1 Å². The van der Waals surface area contributed by atoms with Crippen LogP contribution in [0.1, 0.15) is 37.4 Å². The number of fused-ring (bicyclic) bond motifs is 2. The molecule has 0 atom stereocenters. The summed E-state index contributed by atoms with van der Waals surface area (Å²) in [7, 11) is 1.47. The quantitative estimate of drug-likeness (QED) is 0.799. The standard InChI is InChI=1S/C21H27F2N3O2/c1-3-26-9-7-13(8-10-26)24-20-14-5-4-6-16(14)25-17-12-19(28-21(22)23)18(27-2)11-15(17)20/h11-13,21H,3-10H2,1-2H3,(H,24,25). The number of rotatable bonds is 6. The minimum absolute atomic E-state index is 0.0256. The summed E-state index contributed by atoms with van der Waals surface area (Å²) in [5.41, 5.74) is 4.09. The van der Waals surface area contributed by atoms with Gasteiger partial charge in [0.25, 0.3) is 0 Å². The lowest BCUT2D eigenvalue weighted by atomic mass is 10.0. The Hall–Kier alpha value is -2.15. The zero-order chi connectivity index (χ0) is 19.7. The van der Waals surface area contributed by atoms with Crippen LogP contribution in [0.3, 0.4) is 0 Å². The van der Waals surface area contributed by atoms with Crippen LogP contribution in [0, 0.1) is 0 Å². The van der Waals surface area contributed by atoms with E-state index in [-0.39, 0.29) is 5.75 Å². The summed E-state index contributed by atoms with van der Waals surface area (Å²) < 4.78 is 35.6. The van der Waals surface area contributed by atoms with Gasteiger partial charge in [-0.1, -0.05) is 6.92 Å². The summed E-state index contributed by atoms with van der Waals surface area (Å²) in [5.74, 6) is 0.328. The molecule has 1 saturated heterocycles. The van der Waals surface area contributed by atoms with Crippen LogP contribution in [0.2, 0.25) is 0 Å². The van der Waals surface area contributed by atoms with Crippen LogP contribution < -0.4 is 14.8 Å². The molecule has 0 spiro atoms. The monoisotopic (exact) mass is 391 g/mol. The topological polar surface area (TPSA) is 46.6 Å². The molecule has 0 saturated carbocycles. The highest BCUT2D eigenvalue weighted by Crippen LogP contribution is 2.40. The van der Waals surface area contributed by atoms with Crippen LogP contribution >= 0.6 is 0 Å². The second-order valence-corrected chi connectivity index (χ2v) is 7.52. The average molecular weight is 391 g/mol. The Balaban J connectivity index is 1.73. The van der Waals surface area contributed by atoms with E-state index in [4.69, 9.17) is 9.72 Å². The maximum absolute atomic E-state index is 12.8. The number of likely N-dealkylation sites (tertiary alicyclic amines) is 1. The molecule has 0 bridgehead atoms. The fourth-order valence-electron chi connectivity index (χ4n) is 4.38. The van der Waals surface area contributed by atoms with Crippen molar-refractivity contribution in [1.82, 2.24) is 9.88 Å². The molecular formula is C21H27F2N3O2. The molecule has 2 aliphatic rings. The van der Waals surface area contributed by atoms with Gasteiger partial charge in [-0.05, 0) is 50.3 Å². The number of aromatic nitrogens is 1. The molecule has 1 N–H and O–H groups in total. The van der Waals surface area contributed by atoms with Gasteiger partial charge in [0.05, 0.1) is 12.6 Å². The first kappa shape index (κ1) is 19.2. The molecule has 2 aromatic rings. The second kappa shape index (κ2) is 8.07. The Kier molecular flexibility index (Phi) is 5.53. The van der Waals surface area contributed by atoms with E-state index in [1.54, 1.807) is 12.1 Å². The van der Waals surface area contributed by atoms with Crippen LogP contribution in [0.5, 0.6) is 11.5 Å². The van der Waals surface area contributed by atoms with E-state index in [0.29, 0.717) is 17.3 Å². The first-order valence-electron chi connectivity index (χ1n) is 10.1. The number of piperidine rings is 1. The van der Waals surface area contributed by atoms with Crippen LogP contribution in [0.4, 0.5) is 14.5 Å². The SMILES string of the molecule is CCN1CCC(Nc2c3c(nc4cc(OC(F)F)c(OC)cc24)CCC3)CC1. The lowest BCUT2D eigenvalue weighted by molar-refractivity contribution is -0.0511. The van der Waals surface area contributed by atoms with E-state index < -0.39 is 6.61 Å². The first-order valence-corrected chi connectivity index (χ1v) is 10.1. The van der Waals surface area contributed by atoms with Gasteiger partial charge in [0, 0.05) is 42.0 Å². The molecule has 0 unspecified atom stereocenters. The number of alkyl halides is 2. The lowest BCUT2D eigenvalue weighted by Gasteiger charge is -2.32. The number of halogens is 2. The fourth-order valence-corrected chi connectivity index (χ4v) is 4.38. The molecular weight excluding hydrogens is 364 g/mol. The first-order chi connectivity index (χ1) is 13.6. The van der Waals surface area contributed by atoms with Crippen molar-refractivity contribution >= 4 is 16.6 Å². The average Bonchev–Trinajstić information content (AvgIpc) is 3.16. The molecule has 1 aromatic heterocycles. The molecule has 5 nitrogen and oxygen atoms in total. The Morgan fingerprint density at radius 2 is 2.00 bits per heavy atom. The number of ether oxygens (including phenoxy) is 2. The molecule has 0 radical (unpaired) electrons. The largest absolute Gasteiger partial charge is 0.493 e. The highest BCUT2D eigenvalue weighted by molar-refractivity contribution is 5.96. The van der Waals surface area contributed by atoms with E-state index in [1.165, 1.54) is 12.7 Å². The number of hydrogen-bond acceptors (Lipinski definition) is 5. The zero-order valence-corrected chi connectivity index (χ0v) is 16.4. The van der Waals surface area contributed by atoms with Gasteiger partial charge in [-0.3, -0.25) is 4.98 Å². The third-order valence-corrected chi connectivity index (χ3v) is 5.90. The minimum atomic E-state index is -2.90. The van der Waals surface area contributed by atoms with E-state index in [1.807, 2.05) is 0 Å². The number of methoxy groups -OCH3 is 1. The van der Waals surface area contributed by atoms with Gasteiger partial charge in [-0.15, -0.1) is 0 Å². The van der Waals surface area contributed by atoms with Crippen LogP contribution in [0.25, 0.3) is 10.9 Å². The van der Waals surface area contributed by atoms with E-state index in [9.17, 15) is 8.78 Å². The molecule has 1 aliphatic carbocycles. The lowest BCUT2D eigenvalue weighted by Crippen LogP contribution is -2.39. The summed E-state index contributed by atoms with van der Waals surface area (Å²) in [6, 6.07) is 3.76. The Morgan fingerprint density at radius 3 is 2.68 bits per heavy atom. The number of benzene rings is 1. The van der Waals surface area contributed by atoms with Gasteiger partial charge in [0.15, 0.2) is 11.5 Å².